The molecule has 0 N–H and O–H groups in total. The lowest BCUT2D eigenvalue weighted by molar-refractivity contribution is 0.657. The predicted molar refractivity (Wildman–Crippen MR) is 264 cm³/mol. The summed E-state index contributed by atoms with van der Waals surface area (Å²) in [4.78, 5) is 10.2. The largest absolute Gasteiger partial charge is 0.314 e. The fourth-order valence-electron chi connectivity index (χ4n) is 9.45. The molecule has 2 aliphatic carbocycles. The molecule has 0 spiro atoms. The molecule has 0 bridgehead atoms. The highest BCUT2D eigenvalue weighted by Crippen LogP contribution is 2.56. The van der Waals surface area contributed by atoms with Crippen LogP contribution < -0.4 is 9.80 Å². The first-order chi connectivity index (χ1) is 30.5. The van der Waals surface area contributed by atoms with Crippen LogP contribution in [0.25, 0.3) is 27.8 Å². The summed E-state index contributed by atoms with van der Waals surface area (Å²) in [7, 11) is 0. The Labute approximate surface area is 374 Å². The lowest BCUT2D eigenvalue weighted by Crippen LogP contribution is -2.17. The molecular formula is C58H46N2S2. The average Bonchev–Trinajstić information content (AvgIpc) is 3.44. The summed E-state index contributed by atoms with van der Waals surface area (Å²) >= 11 is 3.82. The first-order valence-electron chi connectivity index (χ1n) is 21.6. The Balaban J connectivity index is 0.985. The summed E-state index contributed by atoms with van der Waals surface area (Å²) in [6, 6.07) is 71.2. The van der Waals surface area contributed by atoms with E-state index in [9.17, 15) is 0 Å². The van der Waals surface area contributed by atoms with Crippen molar-refractivity contribution in [1.82, 2.24) is 0 Å². The second kappa shape index (κ2) is 16.1. The van der Waals surface area contributed by atoms with Crippen molar-refractivity contribution in [2.75, 3.05) is 9.80 Å². The zero-order chi connectivity index (χ0) is 41.6. The van der Waals surface area contributed by atoms with Crippen molar-refractivity contribution in [2.45, 2.75) is 58.1 Å². The number of nitrogens with zero attached hydrogens (tertiary/aromatic N) is 2. The molecule has 0 fully saturated rings. The van der Waals surface area contributed by atoms with Gasteiger partial charge < -0.3 is 9.80 Å². The lowest BCUT2D eigenvalue weighted by Gasteiger charge is -2.30. The summed E-state index contributed by atoms with van der Waals surface area (Å²) in [6.07, 6.45) is 7.99. The van der Waals surface area contributed by atoms with Crippen LogP contribution in [0.4, 0.5) is 28.4 Å². The number of allylic oxidation sites excluding steroid dienone is 4. The van der Waals surface area contributed by atoms with Gasteiger partial charge in [-0.05, 0) is 161 Å². The molecule has 0 atom stereocenters. The van der Waals surface area contributed by atoms with E-state index in [2.05, 4.69) is 230 Å². The van der Waals surface area contributed by atoms with Crippen LogP contribution in [0.3, 0.4) is 0 Å². The van der Waals surface area contributed by atoms with Gasteiger partial charge in [-0.1, -0.05) is 147 Å². The number of hydrogen-bond acceptors (Lipinski definition) is 4. The maximum absolute atomic E-state index is 2.48. The van der Waals surface area contributed by atoms with Gasteiger partial charge in [0.25, 0.3) is 0 Å². The topological polar surface area (TPSA) is 6.48 Å². The maximum Gasteiger partial charge on any atom is 0.0463 e. The fraction of sp³-hybridized carbons (Fsp3) is 0.103. The van der Waals surface area contributed by atoms with Crippen LogP contribution in [0.2, 0.25) is 0 Å². The highest BCUT2D eigenvalue weighted by Gasteiger charge is 2.37. The molecule has 0 aromatic heterocycles. The predicted octanol–water partition coefficient (Wildman–Crippen LogP) is 17.0. The van der Waals surface area contributed by atoms with Gasteiger partial charge in [0.1, 0.15) is 0 Å². The molecule has 0 unspecified atom stereocenters. The van der Waals surface area contributed by atoms with Crippen molar-refractivity contribution < 1.29 is 0 Å². The van der Waals surface area contributed by atoms with E-state index in [1.165, 1.54) is 69.8 Å². The van der Waals surface area contributed by atoms with Crippen molar-refractivity contribution >= 4 is 57.5 Å². The van der Waals surface area contributed by atoms with Gasteiger partial charge in [0.2, 0.25) is 0 Å². The van der Waals surface area contributed by atoms with Crippen LogP contribution in [0.15, 0.2) is 232 Å². The SMILES string of the molecule is CC1(C)c2ccc(C3=CCCCC(N(c4ccc(-c5ccccc5)cc4)c4ccc(N(c5ccccc5)c5ccccc5)cc4)=C3)cc2-c2cc3c(cc21)Sc1ccccc1S3. The van der Waals surface area contributed by atoms with E-state index in [4.69, 9.17) is 0 Å². The molecule has 4 heteroatoms. The van der Waals surface area contributed by atoms with E-state index in [0.29, 0.717) is 0 Å². The van der Waals surface area contributed by atoms with Gasteiger partial charge in [0.15, 0.2) is 0 Å². The molecule has 3 aliphatic rings. The second-order valence-electron chi connectivity index (χ2n) is 16.8. The number of fused-ring (bicyclic) bond motifs is 5. The summed E-state index contributed by atoms with van der Waals surface area (Å²) in [6.45, 7) is 4.79. The summed E-state index contributed by atoms with van der Waals surface area (Å²) in [5, 5.41) is 0. The minimum absolute atomic E-state index is 0.0786. The van der Waals surface area contributed by atoms with Crippen LogP contribution >= 0.6 is 23.5 Å². The molecule has 8 aromatic carbocycles. The number of rotatable bonds is 8. The van der Waals surface area contributed by atoms with Gasteiger partial charge in [-0.15, -0.1) is 0 Å². The van der Waals surface area contributed by atoms with Gasteiger partial charge in [0.05, 0.1) is 0 Å². The van der Waals surface area contributed by atoms with Crippen LogP contribution in [0, 0.1) is 0 Å². The van der Waals surface area contributed by atoms with E-state index in [1.807, 2.05) is 23.5 Å². The van der Waals surface area contributed by atoms with Crippen LogP contribution in [-0.2, 0) is 5.41 Å². The Hall–Kier alpha value is -6.46. The van der Waals surface area contributed by atoms with Gasteiger partial charge in [0, 0.05) is 59.1 Å². The molecule has 11 rings (SSSR count). The highest BCUT2D eigenvalue weighted by molar-refractivity contribution is 8.05. The molecule has 1 heterocycles. The van der Waals surface area contributed by atoms with E-state index in [-0.39, 0.29) is 5.41 Å². The third-order valence-electron chi connectivity index (χ3n) is 12.6. The summed E-state index contributed by atoms with van der Waals surface area (Å²) in [5.74, 6) is 0. The molecule has 8 aromatic rings. The number of anilines is 5. The monoisotopic (exact) mass is 834 g/mol. The minimum Gasteiger partial charge on any atom is -0.314 e. The molecule has 300 valence electrons. The van der Waals surface area contributed by atoms with Crippen LogP contribution in [0.1, 0.15) is 49.8 Å². The highest BCUT2D eigenvalue weighted by atomic mass is 32.2. The van der Waals surface area contributed by atoms with Gasteiger partial charge >= 0.3 is 0 Å². The Morgan fingerprint density at radius 1 is 0.419 bits per heavy atom. The van der Waals surface area contributed by atoms with Crippen molar-refractivity contribution in [2.24, 2.45) is 0 Å². The normalized spacial score (nSPS) is 14.6. The van der Waals surface area contributed by atoms with Crippen molar-refractivity contribution in [1.29, 1.82) is 0 Å². The molecule has 62 heavy (non-hydrogen) atoms. The molecule has 0 amide bonds. The van der Waals surface area contributed by atoms with Crippen LogP contribution in [0.5, 0.6) is 0 Å². The number of hydrogen-bond donors (Lipinski definition) is 0. The van der Waals surface area contributed by atoms with Gasteiger partial charge in [-0.2, -0.15) is 0 Å². The average molecular weight is 835 g/mol. The molecule has 0 radical (unpaired) electrons. The van der Waals surface area contributed by atoms with E-state index in [1.54, 1.807) is 0 Å². The summed E-state index contributed by atoms with van der Waals surface area (Å²) in [5.41, 5.74) is 17.4. The fourth-order valence-corrected chi connectivity index (χ4v) is 11.7. The van der Waals surface area contributed by atoms with Crippen molar-refractivity contribution in [3.63, 3.8) is 0 Å². The molecular weight excluding hydrogens is 789 g/mol. The first kappa shape index (κ1) is 38.5. The zero-order valence-electron chi connectivity index (χ0n) is 35.0. The van der Waals surface area contributed by atoms with E-state index < -0.39 is 0 Å². The van der Waals surface area contributed by atoms with Gasteiger partial charge in [-0.25, -0.2) is 0 Å². The first-order valence-corrected chi connectivity index (χ1v) is 23.3. The number of para-hydroxylation sites is 2. The minimum atomic E-state index is -0.0786. The maximum atomic E-state index is 2.48. The second-order valence-corrected chi connectivity index (χ2v) is 19.0. The zero-order valence-corrected chi connectivity index (χ0v) is 36.6. The van der Waals surface area contributed by atoms with Crippen molar-refractivity contribution in [3.8, 4) is 22.3 Å². The smallest absolute Gasteiger partial charge is 0.0463 e. The third kappa shape index (κ3) is 7.07. The van der Waals surface area contributed by atoms with E-state index >= 15 is 0 Å². The third-order valence-corrected chi connectivity index (χ3v) is 15.1. The molecule has 0 saturated carbocycles. The van der Waals surface area contributed by atoms with E-state index in [0.717, 1.165) is 47.7 Å². The van der Waals surface area contributed by atoms with Gasteiger partial charge in [-0.3, -0.25) is 0 Å². The Morgan fingerprint density at radius 3 is 1.53 bits per heavy atom. The number of benzene rings is 8. The van der Waals surface area contributed by atoms with Crippen LogP contribution in [-0.4, -0.2) is 0 Å². The van der Waals surface area contributed by atoms with Crippen molar-refractivity contribution in [3.05, 3.63) is 229 Å². The standard InChI is InChI=1S/C58H46N2S2/c1-58(2)52-35-28-43(37-50(52)51-38-56-57(39-53(51)58)62-55-25-15-14-24-54(55)61-56)42-18-12-13-23-49(36-42)60(46-29-26-41(27-30-46)40-16-6-3-7-17-40)48-33-31-47(32-34-48)59(44-19-8-4-9-20-44)45-21-10-5-11-22-45/h3-11,14-22,24-39H,12-13,23H2,1-2H3. The summed E-state index contributed by atoms with van der Waals surface area (Å²) < 4.78 is 0. The lowest BCUT2D eigenvalue weighted by atomic mass is 9.82. The Morgan fingerprint density at radius 2 is 0.903 bits per heavy atom. The Bertz CT molecular complexity index is 2950. The molecule has 2 nitrogen and oxygen atoms in total. The quantitative estimate of drug-likeness (QED) is 0.150. The Kier molecular flexibility index (Phi) is 9.99. The molecule has 0 saturated heterocycles. The molecule has 1 aliphatic heterocycles.